The van der Waals surface area contributed by atoms with Crippen molar-refractivity contribution in [2.24, 2.45) is 0 Å². The maximum absolute atomic E-state index is 4.13. The zero-order valence-electron chi connectivity index (χ0n) is 10.7. The molecule has 2 heterocycles. The van der Waals surface area contributed by atoms with Gasteiger partial charge in [-0.05, 0) is 45.3 Å². The van der Waals surface area contributed by atoms with Crippen LogP contribution in [0.1, 0.15) is 38.4 Å². The number of hydrogen-bond acceptors (Lipinski definition) is 4. The summed E-state index contributed by atoms with van der Waals surface area (Å²) in [5.74, 6) is 0.930. The van der Waals surface area contributed by atoms with Gasteiger partial charge in [-0.1, -0.05) is 6.92 Å². The average Bonchev–Trinajstić information content (AvgIpc) is 2.75. The Morgan fingerprint density at radius 1 is 1.47 bits per heavy atom. The molecule has 1 fully saturated rings. The van der Waals surface area contributed by atoms with Crippen LogP contribution in [0.2, 0.25) is 0 Å². The third-order valence-electron chi connectivity index (χ3n) is 3.38. The van der Waals surface area contributed by atoms with Crippen LogP contribution >= 0.6 is 0 Å². The zero-order valence-corrected chi connectivity index (χ0v) is 10.7. The molecule has 0 bridgehead atoms. The fourth-order valence-electron chi connectivity index (χ4n) is 2.46. The third-order valence-corrected chi connectivity index (χ3v) is 3.38. The minimum atomic E-state index is 0.627. The standard InChI is InChI=1S/C12H23N5/c1-2-6-17-7-3-4-11(5-8-17)13-9-12-14-10-15-16-12/h10-11,13H,2-9H2,1H3,(H,14,15,16). The fourth-order valence-corrected chi connectivity index (χ4v) is 2.46. The van der Waals surface area contributed by atoms with Crippen molar-refractivity contribution in [1.29, 1.82) is 0 Å². The number of rotatable bonds is 5. The van der Waals surface area contributed by atoms with E-state index in [9.17, 15) is 0 Å². The monoisotopic (exact) mass is 237 g/mol. The first-order valence-electron chi connectivity index (χ1n) is 6.68. The Kier molecular flexibility index (Phi) is 4.94. The van der Waals surface area contributed by atoms with E-state index in [1.807, 2.05) is 0 Å². The van der Waals surface area contributed by atoms with E-state index in [1.54, 1.807) is 6.33 Å². The highest BCUT2D eigenvalue weighted by molar-refractivity contribution is 4.82. The summed E-state index contributed by atoms with van der Waals surface area (Å²) in [6.45, 7) is 6.79. The van der Waals surface area contributed by atoms with Crippen molar-refractivity contribution in [3.05, 3.63) is 12.2 Å². The van der Waals surface area contributed by atoms with Gasteiger partial charge in [-0.15, -0.1) is 0 Å². The topological polar surface area (TPSA) is 56.8 Å². The maximum atomic E-state index is 4.13. The smallest absolute Gasteiger partial charge is 0.138 e. The molecule has 1 unspecified atom stereocenters. The van der Waals surface area contributed by atoms with Crippen molar-refractivity contribution >= 4 is 0 Å². The summed E-state index contributed by atoms with van der Waals surface area (Å²) >= 11 is 0. The van der Waals surface area contributed by atoms with Gasteiger partial charge in [0.2, 0.25) is 0 Å². The third kappa shape index (κ3) is 4.09. The van der Waals surface area contributed by atoms with E-state index in [4.69, 9.17) is 0 Å². The lowest BCUT2D eigenvalue weighted by molar-refractivity contribution is 0.282. The van der Waals surface area contributed by atoms with Crippen molar-refractivity contribution in [2.75, 3.05) is 19.6 Å². The predicted octanol–water partition coefficient (Wildman–Crippen LogP) is 1.16. The van der Waals surface area contributed by atoms with E-state index < -0.39 is 0 Å². The molecule has 0 aromatic carbocycles. The lowest BCUT2D eigenvalue weighted by atomic mass is 10.1. The largest absolute Gasteiger partial charge is 0.307 e. The second-order valence-electron chi connectivity index (χ2n) is 4.78. The molecule has 1 saturated heterocycles. The molecule has 2 N–H and O–H groups in total. The first-order valence-corrected chi connectivity index (χ1v) is 6.68. The van der Waals surface area contributed by atoms with Gasteiger partial charge in [-0.2, -0.15) is 5.10 Å². The molecule has 1 aliphatic heterocycles. The first-order chi connectivity index (χ1) is 8.38. The van der Waals surface area contributed by atoms with Gasteiger partial charge in [0.15, 0.2) is 0 Å². The van der Waals surface area contributed by atoms with E-state index in [-0.39, 0.29) is 0 Å². The van der Waals surface area contributed by atoms with Crippen molar-refractivity contribution in [2.45, 2.75) is 45.2 Å². The normalized spacial score (nSPS) is 22.5. The Hall–Kier alpha value is -0.940. The van der Waals surface area contributed by atoms with Crippen LogP contribution in [0.3, 0.4) is 0 Å². The lowest BCUT2D eigenvalue weighted by Crippen LogP contribution is -2.31. The Morgan fingerprint density at radius 2 is 2.41 bits per heavy atom. The Labute approximate surface area is 103 Å². The molecule has 96 valence electrons. The van der Waals surface area contributed by atoms with Gasteiger partial charge in [0, 0.05) is 6.04 Å². The van der Waals surface area contributed by atoms with E-state index in [0.717, 1.165) is 12.4 Å². The van der Waals surface area contributed by atoms with E-state index in [2.05, 4.69) is 32.3 Å². The predicted molar refractivity (Wildman–Crippen MR) is 67.6 cm³/mol. The number of nitrogens with zero attached hydrogens (tertiary/aromatic N) is 3. The van der Waals surface area contributed by atoms with Gasteiger partial charge in [-0.3, -0.25) is 5.10 Å². The van der Waals surface area contributed by atoms with Gasteiger partial charge in [0.1, 0.15) is 12.2 Å². The molecule has 1 atom stereocenters. The summed E-state index contributed by atoms with van der Waals surface area (Å²) in [6, 6.07) is 0.627. The summed E-state index contributed by atoms with van der Waals surface area (Å²) in [4.78, 5) is 6.71. The summed E-state index contributed by atoms with van der Waals surface area (Å²) in [5, 5.41) is 10.3. The SMILES string of the molecule is CCCN1CCCC(NCc2ncn[nH]2)CC1. The quantitative estimate of drug-likeness (QED) is 0.807. The number of likely N-dealkylation sites (tertiary alicyclic amines) is 1. The maximum Gasteiger partial charge on any atom is 0.138 e. The Bertz CT molecular complexity index is 298. The minimum Gasteiger partial charge on any atom is -0.307 e. The van der Waals surface area contributed by atoms with Crippen molar-refractivity contribution in [1.82, 2.24) is 25.4 Å². The minimum absolute atomic E-state index is 0.627. The molecule has 1 aromatic heterocycles. The van der Waals surface area contributed by atoms with Crippen LogP contribution in [0.15, 0.2) is 6.33 Å². The second kappa shape index (κ2) is 6.71. The number of nitrogens with one attached hydrogen (secondary N) is 2. The molecule has 5 nitrogen and oxygen atoms in total. The highest BCUT2D eigenvalue weighted by Crippen LogP contribution is 2.11. The lowest BCUT2D eigenvalue weighted by Gasteiger charge is -2.19. The van der Waals surface area contributed by atoms with Gasteiger partial charge < -0.3 is 10.2 Å². The average molecular weight is 237 g/mol. The molecular formula is C12H23N5. The summed E-state index contributed by atoms with van der Waals surface area (Å²) in [6.07, 6.45) is 6.64. The molecule has 1 aliphatic rings. The number of hydrogen-bond donors (Lipinski definition) is 2. The molecule has 1 aromatic rings. The van der Waals surface area contributed by atoms with Crippen molar-refractivity contribution in [3.8, 4) is 0 Å². The number of aromatic nitrogens is 3. The van der Waals surface area contributed by atoms with Gasteiger partial charge in [0.25, 0.3) is 0 Å². The van der Waals surface area contributed by atoms with Crippen LogP contribution in [0.25, 0.3) is 0 Å². The van der Waals surface area contributed by atoms with E-state index in [0.29, 0.717) is 6.04 Å². The van der Waals surface area contributed by atoms with Crippen LogP contribution in [-0.2, 0) is 6.54 Å². The van der Waals surface area contributed by atoms with Crippen LogP contribution in [0.4, 0.5) is 0 Å². The molecule has 0 saturated carbocycles. The summed E-state index contributed by atoms with van der Waals surface area (Å²) in [7, 11) is 0. The zero-order chi connectivity index (χ0) is 11.9. The Morgan fingerprint density at radius 3 is 3.18 bits per heavy atom. The fraction of sp³-hybridized carbons (Fsp3) is 0.833. The molecule has 0 aliphatic carbocycles. The van der Waals surface area contributed by atoms with Crippen molar-refractivity contribution < 1.29 is 0 Å². The Balaban J connectivity index is 1.71. The highest BCUT2D eigenvalue weighted by Gasteiger charge is 2.16. The van der Waals surface area contributed by atoms with Crippen LogP contribution < -0.4 is 5.32 Å². The molecule has 0 spiro atoms. The second-order valence-corrected chi connectivity index (χ2v) is 4.78. The number of aromatic amines is 1. The molecule has 0 radical (unpaired) electrons. The molecule has 0 amide bonds. The van der Waals surface area contributed by atoms with Crippen LogP contribution in [0.5, 0.6) is 0 Å². The van der Waals surface area contributed by atoms with Crippen LogP contribution in [-0.4, -0.2) is 45.8 Å². The summed E-state index contributed by atoms with van der Waals surface area (Å²) < 4.78 is 0. The van der Waals surface area contributed by atoms with Gasteiger partial charge in [-0.25, -0.2) is 4.98 Å². The molecule has 2 rings (SSSR count). The first kappa shape index (κ1) is 12.5. The van der Waals surface area contributed by atoms with Crippen LogP contribution in [0, 0.1) is 0 Å². The van der Waals surface area contributed by atoms with E-state index >= 15 is 0 Å². The number of H-pyrrole nitrogens is 1. The van der Waals surface area contributed by atoms with Gasteiger partial charge in [0.05, 0.1) is 6.54 Å². The molecule has 5 heteroatoms. The molecular weight excluding hydrogens is 214 g/mol. The van der Waals surface area contributed by atoms with Crippen molar-refractivity contribution in [3.63, 3.8) is 0 Å². The molecule has 17 heavy (non-hydrogen) atoms. The van der Waals surface area contributed by atoms with E-state index in [1.165, 1.54) is 45.3 Å². The summed E-state index contributed by atoms with van der Waals surface area (Å²) in [5.41, 5.74) is 0. The van der Waals surface area contributed by atoms with Gasteiger partial charge >= 0.3 is 0 Å². The highest BCUT2D eigenvalue weighted by atomic mass is 15.2.